The van der Waals surface area contributed by atoms with Crippen LogP contribution in [0.2, 0.25) is 18.1 Å². The quantitative estimate of drug-likeness (QED) is 0.573. The lowest BCUT2D eigenvalue weighted by atomic mass is 9.97. The van der Waals surface area contributed by atoms with Crippen LogP contribution in [0, 0.1) is 17.3 Å². The Kier molecular flexibility index (Phi) is 4.63. The molecule has 0 atom stereocenters. The second-order valence-corrected chi connectivity index (χ2v) is 11.0. The van der Waals surface area contributed by atoms with Gasteiger partial charge in [0.15, 0.2) is 8.32 Å². The summed E-state index contributed by atoms with van der Waals surface area (Å²) in [6.45, 7) is 14.7. The van der Waals surface area contributed by atoms with Crippen LogP contribution in [0.25, 0.3) is 0 Å². The fourth-order valence-corrected chi connectivity index (χ4v) is 1.75. The van der Waals surface area contributed by atoms with Gasteiger partial charge in [-0.05, 0) is 45.3 Å². The molecule has 0 aromatic carbocycles. The van der Waals surface area contributed by atoms with Crippen LogP contribution in [0.3, 0.4) is 0 Å². The van der Waals surface area contributed by atoms with E-state index in [9.17, 15) is 4.80 Å². The zero-order valence-corrected chi connectivity index (χ0v) is 12.4. The summed E-state index contributed by atoms with van der Waals surface area (Å²) >= 11 is 0. The lowest BCUT2D eigenvalue weighted by Gasteiger charge is -2.34. The smallest absolute Gasteiger partial charge is 0.188 e. The van der Waals surface area contributed by atoms with Crippen LogP contribution < -0.4 is 0 Å². The molecule has 0 aromatic heterocycles. The van der Waals surface area contributed by atoms with Crippen molar-refractivity contribution in [3.05, 3.63) is 0 Å². The first kappa shape index (κ1) is 14.7. The van der Waals surface area contributed by atoms with E-state index in [4.69, 9.17) is 0 Å². The van der Waals surface area contributed by atoms with Gasteiger partial charge in [0.2, 0.25) is 0 Å². The predicted octanol–water partition coefficient (Wildman–Crippen LogP) is 3.79. The molecular formula is C13H26OSi. The molecule has 0 aliphatic heterocycles. The summed E-state index contributed by atoms with van der Waals surface area (Å²) in [5.41, 5.74) is 0.0936. The highest BCUT2D eigenvalue weighted by Gasteiger charge is 2.37. The Balaban J connectivity index is 4.23. The maximum atomic E-state index is 10.1. The molecule has 0 aliphatic rings. The zero-order chi connectivity index (χ0) is 12.3. The number of hydrogen-bond donors (Lipinski definition) is 1. The molecule has 1 nitrogen and oxygen atoms in total. The van der Waals surface area contributed by atoms with Crippen molar-refractivity contribution < 1.29 is 4.80 Å². The van der Waals surface area contributed by atoms with Gasteiger partial charge < -0.3 is 4.80 Å². The molecule has 0 unspecified atom stereocenters. The number of hydrogen-bond acceptors (Lipinski definition) is 1. The minimum atomic E-state index is -2.05. The van der Waals surface area contributed by atoms with Gasteiger partial charge in [0, 0.05) is 11.8 Å². The van der Waals surface area contributed by atoms with Gasteiger partial charge >= 0.3 is 0 Å². The summed E-state index contributed by atoms with van der Waals surface area (Å²) in [5.74, 6) is 6.44. The van der Waals surface area contributed by atoms with Crippen LogP contribution in [0.1, 0.15) is 47.5 Å². The van der Waals surface area contributed by atoms with Crippen molar-refractivity contribution in [3.63, 3.8) is 0 Å². The van der Waals surface area contributed by atoms with Crippen LogP contribution in [0.4, 0.5) is 0 Å². The Morgan fingerprint density at radius 3 is 1.87 bits per heavy atom. The van der Waals surface area contributed by atoms with E-state index in [1.807, 2.05) is 13.1 Å². The summed E-state index contributed by atoms with van der Waals surface area (Å²) < 4.78 is 0. The molecule has 0 bridgehead atoms. The maximum absolute atomic E-state index is 10.1. The summed E-state index contributed by atoms with van der Waals surface area (Å²) in [6, 6.07) is 0. The molecular weight excluding hydrogens is 200 g/mol. The average molecular weight is 226 g/mol. The van der Waals surface area contributed by atoms with E-state index in [2.05, 4.69) is 46.5 Å². The zero-order valence-electron chi connectivity index (χ0n) is 11.4. The first-order valence-corrected chi connectivity index (χ1v) is 8.63. The van der Waals surface area contributed by atoms with Crippen molar-refractivity contribution in [1.82, 2.24) is 0 Å². The normalized spacial score (nSPS) is 13.3. The Bertz CT molecular complexity index is 255. The SMILES string of the molecule is CC(C)(C)C#CCCC(C)(C)[Si](C)(C)O. The van der Waals surface area contributed by atoms with E-state index in [1.54, 1.807) is 0 Å². The molecule has 88 valence electrons. The third-order valence-electron chi connectivity index (χ3n) is 2.99. The predicted molar refractivity (Wildman–Crippen MR) is 70.2 cm³/mol. The second-order valence-electron chi connectivity index (χ2n) is 6.49. The van der Waals surface area contributed by atoms with Gasteiger partial charge in [0.05, 0.1) is 0 Å². The van der Waals surface area contributed by atoms with E-state index in [-0.39, 0.29) is 10.5 Å². The van der Waals surface area contributed by atoms with E-state index < -0.39 is 8.32 Å². The molecule has 15 heavy (non-hydrogen) atoms. The third-order valence-corrected chi connectivity index (χ3v) is 6.56. The Morgan fingerprint density at radius 1 is 1.07 bits per heavy atom. The summed E-state index contributed by atoms with van der Waals surface area (Å²) in [5, 5.41) is 0.0551. The Morgan fingerprint density at radius 2 is 1.53 bits per heavy atom. The molecule has 0 radical (unpaired) electrons. The highest BCUT2D eigenvalue weighted by atomic mass is 28.4. The third kappa shape index (κ3) is 6.02. The van der Waals surface area contributed by atoms with Crippen LogP contribution in [-0.2, 0) is 0 Å². The van der Waals surface area contributed by atoms with Gasteiger partial charge in [0.1, 0.15) is 0 Å². The fourth-order valence-electron chi connectivity index (χ4n) is 1.01. The molecule has 0 saturated carbocycles. The van der Waals surface area contributed by atoms with Gasteiger partial charge in [-0.25, -0.2) is 0 Å². The van der Waals surface area contributed by atoms with Gasteiger partial charge in [-0.15, -0.1) is 5.92 Å². The van der Waals surface area contributed by atoms with Crippen molar-refractivity contribution >= 4 is 8.32 Å². The summed E-state index contributed by atoms with van der Waals surface area (Å²) in [7, 11) is -2.05. The van der Waals surface area contributed by atoms with Crippen LogP contribution in [0.15, 0.2) is 0 Å². The summed E-state index contributed by atoms with van der Waals surface area (Å²) in [6.07, 6.45) is 1.88. The van der Waals surface area contributed by atoms with Crippen molar-refractivity contribution in [3.8, 4) is 11.8 Å². The fraction of sp³-hybridized carbons (Fsp3) is 0.846. The summed E-state index contributed by atoms with van der Waals surface area (Å²) in [4.78, 5) is 10.1. The van der Waals surface area contributed by atoms with E-state index in [0.29, 0.717) is 0 Å². The molecule has 0 aliphatic carbocycles. The second kappa shape index (κ2) is 4.72. The van der Waals surface area contributed by atoms with Crippen molar-refractivity contribution in [2.45, 2.75) is 65.6 Å². The minimum absolute atomic E-state index is 0.0551. The maximum Gasteiger partial charge on any atom is 0.188 e. The van der Waals surface area contributed by atoms with Gasteiger partial charge in [0.25, 0.3) is 0 Å². The molecule has 0 rings (SSSR count). The van der Waals surface area contributed by atoms with E-state index in [0.717, 1.165) is 12.8 Å². The molecule has 2 heteroatoms. The molecule has 0 amide bonds. The molecule has 0 aromatic rings. The van der Waals surface area contributed by atoms with Crippen LogP contribution in [0.5, 0.6) is 0 Å². The molecule has 1 N–H and O–H groups in total. The van der Waals surface area contributed by atoms with Gasteiger partial charge in [-0.2, -0.15) is 0 Å². The molecule has 0 saturated heterocycles. The molecule has 0 spiro atoms. The Hall–Kier alpha value is -0.263. The van der Waals surface area contributed by atoms with Crippen molar-refractivity contribution in [2.75, 3.05) is 0 Å². The van der Waals surface area contributed by atoms with Crippen molar-refractivity contribution in [2.24, 2.45) is 5.41 Å². The first-order valence-electron chi connectivity index (χ1n) is 5.68. The Labute approximate surface area is 96.4 Å². The largest absolute Gasteiger partial charge is 0.432 e. The van der Waals surface area contributed by atoms with Crippen LogP contribution >= 0.6 is 0 Å². The lowest BCUT2D eigenvalue weighted by Crippen LogP contribution is -2.38. The van der Waals surface area contributed by atoms with Gasteiger partial charge in [-0.3, -0.25) is 0 Å². The number of rotatable bonds is 3. The van der Waals surface area contributed by atoms with Crippen LogP contribution in [-0.4, -0.2) is 13.1 Å². The topological polar surface area (TPSA) is 20.2 Å². The standard InChI is InChI=1S/C13H26OSi/c1-12(2,3)10-8-9-11-13(4,5)15(6,7)14/h14H,9,11H2,1-7H3. The minimum Gasteiger partial charge on any atom is -0.432 e. The first-order chi connectivity index (χ1) is 6.46. The average Bonchev–Trinajstić information content (AvgIpc) is 1.94. The van der Waals surface area contributed by atoms with E-state index >= 15 is 0 Å². The molecule has 0 heterocycles. The van der Waals surface area contributed by atoms with Crippen molar-refractivity contribution in [1.29, 1.82) is 0 Å². The monoisotopic (exact) mass is 226 g/mol. The molecule has 0 fully saturated rings. The lowest BCUT2D eigenvalue weighted by molar-refractivity contribution is 0.454. The highest BCUT2D eigenvalue weighted by molar-refractivity contribution is 6.72. The highest BCUT2D eigenvalue weighted by Crippen LogP contribution is 2.39. The van der Waals surface area contributed by atoms with Gasteiger partial charge in [-0.1, -0.05) is 19.8 Å². The van der Waals surface area contributed by atoms with E-state index in [1.165, 1.54) is 0 Å².